The molecule has 2 aliphatic heterocycles. The van der Waals surface area contributed by atoms with Gasteiger partial charge in [-0.2, -0.15) is 4.31 Å². The van der Waals surface area contributed by atoms with E-state index in [1.54, 1.807) is 11.8 Å². The minimum Gasteiger partial charge on any atom is -0.452 e. The first-order chi connectivity index (χ1) is 15.7. The summed E-state index contributed by atoms with van der Waals surface area (Å²) in [6.45, 7) is 3.68. The van der Waals surface area contributed by atoms with E-state index in [9.17, 15) is 22.4 Å². The zero-order valence-corrected chi connectivity index (χ0v) is 19.4. The lowest BCUT2D eigenvalue weighted by molar-refractivity contribution is -0.159. The smallest absolute Gasteiger partial charge is 0.309 e. The normalized spacial score (nSPS) is 20.3. The number of para-hydroxylation sites is 1. The average molecular weight is 475 g/mol. The number of esters is 1. The number of rotatable bonds is 5. The number of ether oxygens (including phenoxy) is 1. The van der Waals surface area contributed by atoms with Gasteiger partial charge in [0.25, 0.3) is 5.91 Å². The largest absolute Gasteiger partial charge is 0.452 e. The highest BCUT2D eigenvalue weighted by Gasteiger charge is 2.37. The van der Waals surface area contributed by atoms with E-state index < -0.39 is 33.8 Å². The Balaban J connectivity index is 1.36. The number of anilines is 1. The van der Waals surface area contributed by atoms with E-state index in [2.05, 4.69) is 0 Å². The molecule has 2 heterocycles. The van der Waals surface area contributed by atoms with Crippen LogP contribution in [0.15, 0.2) is 53.4 Å². The summed E-state index contributed by atoms with van der Waals surface area (Å²) in [6, 6.07) is 12.9. The minimum absolute atomic E-state index is 0.0251. The van der Waals surface area contributed by atoms with E-state index >= 15 is 0 Å². The van der Waals surface area contributed by atoms with Gasteiger partial charge in [-0.15, -0.1) is 0 Å². The van der Waals surface area contributed by atoms with Crippen LogP contribution in [0.2, 0.25) is 0 Å². The SMILES string of the molecule is C[C@@H](OC(=O)C1CCN(S(=O)(=O)c2ccccc2F)CC1)C(=O)N1c2ccccc2C[C@@H]1C. The summed E-state index contributed by atoms with van der Waals surface area (Å²) in [5, 5.41) is 0. The van der Waals surface area contributed by atoms with Crippen LogP contribution < -0.4 is 4.90 Å². The van der Waals surface area contributed by atoms with E-state index in [1.807, 2.05) is 31.2 Å². The highest BCUT2D eigenvalue weighted by Crippen LogP contribution is 2.33. The molecule has 0 aromatic heterocycles. The van der Waals surface area contributed by atoms with E-state index in [0.29, 0.717) is 0 Å². The summed E-state index contributed by atoms with van der Waals surface area (Å²) in [5.41, 5.74) is 1.92. The van der Waals surface area contributed by atoms with Crippen LogP contribution in [-0.2, 0) is 30.8 Å². The van der Waals surface area contributed by atoms with Crippen molar-refractivity contribution >= 4 is 27.6 Å². The zero-order valence-electron chi connectivity index (χ0n) is 18.6. The van der Waals surface area contributed by atoms with Gasteiger partial charge in [-0.1, -0.05) is 30.3 Å². The zero-order chi connectivity index (χ0) is 23.8. The number of carbonyl (C=O) groups is 2. The summed E-state index contributed by atoms with van der Waals surface area (Å²) < 4.78 is 46.2. The molecule has 0 bridgehead atoms. The third kappa shape index (κ3) is 4.52. The number of nitrogens with zero attached hydrogens (tertiary/aromatic N) is 2. The molecule has 7 nitrogen and oxygen atoms in total. The van der Waals surface area contributed by atoms with Gasteiger partial charge in [-0.25, -0.2) is 12.8 Å². The van der Waals surface area contributed by atoms with E-state index in [-0.39, 0.29) is 42.8 Å². The molecule has 0 saturated carbocycles. The highest BCUT2D eigenvalue weighted by atomic mass is 32.2. The fourth-order valence-electron chi connectivity index (χ4n) is 4.54. The fourth-order valence-corrected chi connectivity index (χ4v) is 6.08. The fraction of sp³-hybridized carbons (Fsp3) is 0.417. The third-order valence-corrected chi connectivity index (χ3v) is 8.26. The molecule has 9 heteroatoms. The number of benzene rings is 2. The molecule has 176 valence electrons. The third-order valence-electron chi connectivity index (χ3n) is 6.33. The van der Waals surface area contributed by atoms with Crippen molar-refractivity contribution in [3.8, 4) is 0 Å². The summed E-state index contributed by atoms with van der Waals surface area (Å²) in [4.78, 5) is 27.1. The molecule has 1 saturated heterocycles. The van der Waals surface area contributed by atoms with Crippen LogP contribution in [0.3, 0.4) is 0 Å². The van der Waals surface area contributed by atoms with Crippen LogP contribution >= 0.6 is 0 Å². The van der Waals surface area contributed by atoms with Gasteiger partial charge in [0.1, 0.15) is 10.7 Å². The van der Waals surface area contributed by atoms with Crippen molar-refractivity contribution in [1.29, 1.82) is 0 Å². The Kier molecular flexibility index (Phi) is 6.54. The predicted molar refractivity (Wildman–Crippen MR) is 121 cm³/mol. The van der Waals surface area contributed by atoms with Crippen molar-refractivity contribution in [2.24, 2.45) is 5.92 Å². The van der Waals surface area contributed by atoms with Crippen LogP contribution in [0, 0.1) is 11.7 Å². The maximum Gasteiger partial charge on any atom is 0.309 e. The number of hydrogen-bond donors (Lipinski definition) is 0. The predicted octanol–water partition coefficient (Wildman–Crippen LogP) is 3.14. The summed E-state index contributed by atoms with van der Waals surface area (Å²) in [5.74, 6) is -2.11. The minimum atomic E-state index is -3.98. The number of amides is 1. The molecule has 0 aliphatic carbocycles. The lowest BCUT2D eigenvalue weighted by Gasteiger charge is -2.31. The Morgan fingerprint density at radius 2 is 1.70 bits per heavy atom. The van der Waals surface area contributed by atoms with E-state index in [0.717, 1.165) is 23.7 Å². The van der Waals surface area contributed by atoms with Crippen LogP contribution in [-0.4, -0.2) is 49.8 Å². The number of fused-ring (bicyclic) bond motifs is 1. The Bertz CT molecular complexity index is 1160. The second-order valence-electron chi connectivity index (χ2n) is 8.58. The molecule has 33 heavy (non-hydrogen) atoms. The molecule has 2 atom stereocenters. The summed E-state index contributed by atoms with van der Waals surface area (Å²) >= 11 is 0. The molecule has 2 aromatic carbocycles. The number of carbonyl (C=O) groups excluding carboxylic acids is 2. The molecule has 2 aromatic rings. The molecule has 1 fully saturated rings. The van der Waals surface area contributed by atoms with Gasteiger partial charge >= 0.3 is 5.97 Å². The monoisotopic (exact) mass is 474 g/mol. The molecular formula is C24H27FN2O5S. The first-order valence-electron chi connectivity index (χ1n) is 11.1. The Hall–Kier alpha value is -2.78. The molecule has 0 N–H and O–H groups in total. The summed E-state index contributed by atoms with van der Waals surface area (Å²) in [6.07, 6.45) is 0.288. The maximum atomic E-state index is 14.0. The average Bonchev–Trinajstić information content (AvgIpc) is 3.14. The molecule has 0 radical (unpaired) electrons. The highest BCUT2D eigenvalue weighted by molar-refractivity contribution is 7.89. The van der Waals surface area contributed by atoms with Crippen LogP contribution in [0.4, 0.5) is 10.1 Å². The standard InChI is InChI=1S/C24H27FN2O5S/c1-16-15-19-7-3-5-9-21(19)27(16)23(28)17(2)32-24(29)18-11-13-26(14-12-18)33(30,31)22-10-6-4-8-20(22)25/h3-10,16-18H,11-15H2,1-2H3/t16-,17+/m0/s1. The van der Waals surface area contributed by atoms with E-state index in [1.165, 1.54) is 22.5 Å². The van der Waals surface area contributed by atoms with Gasteiger partial charge < -0.3 is 9.64 Å². The van der Waals surface area contributed by atoms with E-state index in [4.69, 9.17) is 4.74 Å². The number of sulfonamides is 1. The van der Waals surface area contributed by atoms with Crippen molar-refractivity contribution < 1.29 is 27.1 Å². The molecule has 0 unspecified atom stereocenters. The summed E-state index contributed by atoms with van der Waals surface area (Å²) in [7, 11) is -3.98. The first-order valence-corrected chi connectivity index (χ1v) is 12.5. The lowest BCUT2D eigenvalue weighted by Crippen LogP contribution is -2.45. The Morgan fingerprint density at radius 1 is 1.06 bits per heavy atom. The topological polar surface area (TPSA) is 84.0 Å². The molecule has 4 rings (SSSR count). The van der Waals surface area contributed by atoms with Gasteiger partial charge in [-0.3, -0.25) is 9.59 Å². The van der Waals surface area contributed by atoms with Crippen LogP contribution in [0.5, 0.6) is 0 Å². The molecular weight excluding hydrogens is 447 g/mol. The van der Waals surface area contributed by atoms with Crippen molar-refractivity contribution in [2.45, 2.75) is 50.2 Å². The van der Waals surface area contributed by atoms with Crippen LogP contribution in [0.25, 0.3) is 0 Å². The van der Waals surface area contributed by atoms with Gasteiger partial charge in [0.15, 0.2) is 6.10 Å². The van der Waals surface area contributed by atoms with Crippen molar-refractivity contribution in [3.05, 3.63) is 59.9 Å². The number of hydrogen-bond acceptors (Lipinski definition) is 5. The lowest BCUT2D eigenvalue weighted by atomic mass is 9.98. The van der Waals surface area contributed by atoms with Crippen molar-refractivity contribution in [2.75, 3.05) is 18.0 Å². The van der Waals surface area contributed by atoms with Gasteiger partial charge in [0, 0.05) is 24.8 Å². The Labute approximate surface area is 193 Å². The van der Waals surface area contributed by atoms with Gasteiger partial charge in [0.2, 0.25) is 10.0 Å². The molecule has 2 aliphatic rings. The van der Waals surface area contributed by atoms with Crippen molar-refractivity contribution in [3.63, 3.8) is 0 Å². The maximum absolute atomic E-state index is 14.0. The number of halogens is 1. The number of piperidine rings is 1. The molecule has 1 amide bonds. The molecule has 0 spiro atoms. The Morgan fingerprint density at radius 3 is 2.39 bits per heavy atom. The second kappa shape index (κ2) is 9.23. The first kappa shape index (κ1) is 23.4. The van der Waals surface area contributed by atoms with Crippen molar-refractivity contribution in [1.82, 2.24) is 4.31 Å². The second-order valence-corrected chi connectivity index (χ2v) is 10.5. The van der Waals surface area contributed by atoms with Gasteiger partial charge in [-0.05, 0) is 56.9 Å². The van der Waals surface area contributed by atoms with Crippen LogP contribution in [0.1, 0.15) is 32.3 Å². The quantitative estimate of drug-likeness (QED) is 0.622. The van der Waals surface area contributed by atoms with Gasteiger partial charge in [0.05, 0.1) is 5.92 Å².